The average Bonchev–Trinajstić information content (AvgIpc) is 2.28. The number of hydrogen-bond donors (Lipinski definition) is 0. The summed E-state index contributed by atoms with van der Waals surface area (Å²) in [6.45, 7) is 9.83. The summed E-state index contributed by atoms with van der Waals surface area (Å²) in [7, 11) is 0. The molecule has 2 nitrogen and oxygen atoms in total. The molecule has 0 atom stereocenters. The van der Waals surface area contributed by atoms with Gasteiger partial charge in [-0.15, -0.1) is 0 Å². The van der Waals surface area contributed by atoms with E-state index in [-0.39, 0.29) is 0 Å². The maximum Gasteiger partial charge on any atom is 0.0668 e. The maximum atomic E-state index is 4.60. The van der Waals surface area contributed by atoms with Crippen molar-refractivity contribution >= 4 is 11.8 Å². The summed E-state index contributed by atoms with van der Waals surface area (Å²) in [6, 6.07) is 2.58. The normalized spacial score (nSPS) is 16.7. The van der Waals surface area contributed by atoms with E-state index < -0.39 is 0 Å². The molecule has 0 saturated heterocycles. The smallest absolute Gasteiger partial charge is 0.0668 e. The molecule has 0 unspecified atom stereocenters. The second kappa shape index (κ2) is 5.38. The van der Waals surface area contributed by atoms with Gasteiger partial charge in [-0.25, -0.2) is 0 Å². The van der Waals surface area contributed by atoms with Crippen molar-refractivity contribution in [1.82, 2.24) is 4.98 Å². The first-order valence-electron chi connectivity index (χ1n) is 6.70. The molecule has 2 rings (SSSR count). The quantitative estimate of drug-likeness (QED) is 0.779. The van der Waals surface area contributed by atoms with E-state index in [0.717, 1.165) is 6.54 Å². The van der Waals surface area contributed by atoms with Gasteiger partial charge in [0.2, 0.25) is 0 Å². The molecule has 0 fully saturated rings. The van der Waals surface area contributed by atoms with Gasteiger partial charge in [0.25, 0.3) is 0 Å². The van der Waals surface area contributed by atoms with Crippen LogP contribution >= 0.6 is 0 Å². The van der Waals surface area contributed by atoms with Crippen LogP contribution in [0.1, 0.15) is 44.9 Å². The van der Waals surface area contributed by atoms with Gasteiger partial charge in [0.15, 0.2) is 0 Å². The van der Waals surface area contributed by atoms with Gasteiger partial charge in [0, 0.05) is 24.3 Å². The summed E-state index contributed by atoms with van der Waals surface area (Å²) in [5.41, 5.74) is 3.76. The molecule has 0 bridgehead atoms. The lowest BCUT2D eigenvalue weighted by atomic mass is 10.0. The molecule has 1 aromatic rings. The molecule has 96 valence electrons. The lowest BCUT2D eigenvalue weighted by Gasteiger charge is -2.32. The Hall–Kier alpha value is -1.57. The molecule has 0 amide bonds. The monoisotopic (exact) mass is 242 g/mol. The van der Waals surface area contributed by atoms with Gasteiger partial charge in [-0.1, -0.05) is 38.2 Å². The van der Waals surface area contributed by atoms with E-state index in [0.29, 0.717) is 12.0 Å². The van der Waals surface area contributed by atoms with E-state index in [1.165, 1.54) is 16.9 Å². The Labute approximate surface area is 110 Å². The molecule has 0 saturated carbocycles. The highest BCUT2D eigenvalue weighted by Crippen LogP contribution is 2.32. The van der Waals surface area contributed by atoms with E-state index in [4.69, 9.17) is 0 Å². The number of fused-ring (bicyclic) bond motifs is 1. The summed E-state index contributed by atoms with van der Waals surface area (Å²) < 4.78 is 0. The van der Waals surface area contributed by atoms with Gasteiger partial charge in [0.05, 0.1) is 11.4 Å². The number of anilines is 1. The van der Waals surface area contributed by atoms with Crippen molar-refractivity contribution in [3.05, 3.63) is 41.7 Å². The Balaban J connectivity index is 2.61. The molecule has 2 heterocycles. The van der Waals surface area contributed by atoms with Gasteiger partial charge < -0.3 is 4.90 Å². The van der Waals surface area contributed by atoms with E-state index in [1.807, 2.05) is 6.20 Å². The minimum absolute atomic E-state index is 0.443. The molecule has 0 N–H and O–H groups in total. The molecule has 0 aromatic carbocycles. The largest absolute Gasteiger partial charge is 0.363 e. The number of allylic oxidation sites excluding steroid dienone is 2. The molecular formula is C16H22N2. The third kappa shape index (κ3) is 2.47. The minimum Gasteiger partial charge on any atom is -0.363 e. The standard InChI is InChI=1S/C16H22N2/c1-12(2)15-16-14(9-10-17-15)8-6-5-7-11-18(16)13(3)4/h5-10,12-13H,11H2,1-4H3/b7-5-,8-6?. The Bertz CT molecular complexity index is 470. The van der Waals surface area contributed by atoms with Gasteiger partial charge >= 0.3 is 0 Å². The van der Waals surface area contributed by atoms with Crippen molar-refractivity contribution in [3.63, 3.8) is 0 Å². The zero-order chi connectivity index (χ0) is 13.1. The van der Waals surface area contributed by atoms with Crippen LogP contribution in [0.2, 0.25) is 0 Å². The molecular weight excluding hydrogens is 220 g/mol. The van der Waals surface area contributed by atoms with Crippen LogP contribution in [0.15, 0.2) is 30.5 Å². The lowest BCUT2D eigenvalue weighted by molar-refractivity contribution is 0.703. The van der Waals surface area contributed by atoms with Crippen molar-refractivity contribution in [3.8, 4) is 0 Å². The highest BCUT2D eigenvalue weighted by atomic mass is 15.2. The fourth-order valence-corrected chi connectivity index (χ4v) is 2.33. The minimum atomic E-state index is 0.443. The van der Waals surface area contributed by atoms with Crippen molar-refractivity contribution in [2.75, 3.05) is 11.4 Å². The number of rotatable bonds is 2. The summed E-state index contributed by atoms with van der Waals surface area (Å²) in [4.78, 5) is 7.03. The molecule has 1 aliphatic rings. The Morgan fingerprint density at radius 1 is 1.17 bits per heavy atom. The van der Waals surface area contributed by atoms with Gasteiger partial charge in [0.1, 0.15) is 0 Å². The van der Waals surface area contributed by atoms with Crippen LogP contribution in [0.25, 0.3) is 6.08 Å². The molecule has 1 aromatic heterocycles. The van der Waals surface area contributed by atoms with Crippen LogP contribution in [0.3, 0.4) is 0 Å². The first-order chi connectivity index (χ1) is 8.61. The molecule has 0 radical (unpaired) electrons. The van der Waals surface area contributed by atoms with E-state index >= 15 is 0 Å². The highest BCUT2D eigenvalue weighted by molar-refractivity contribution is 5.72. The molecule has 0 spiro atoms. The molecule has 2 heteroatoms. The average molecular weight is 242 g/mol. The third-order valence-electron chi connectivity index (χ3n) is 3.27. The topological polar surface area (TPSA) is 16.1 Å². The SMILES string of the molecule is CC(C)c1nccc2c1N(C(C)C)C/C=C\C=C2. The van der Waals surface area contributed by atoms with Crippen molar-refractivity contribution in [1.29, 1.82) is 0 Å². The Morgan fingerprint density at radius 2 is 1.94 bits per heavy atom. The van der Waals surface area contributed by atoms with E-state index in [2.05, 4.69) is 67.9 Å². The molecule has 18 heavy (non-hydrogen) atoms. The zero-order valence-electron chi connectivity index (χ0n) is 11.7. The summed E-state index contributed by atoms with van der Waals surface area (Å²) in [5, 5.41) is 0. The predicted octanol–water partition coefficient (Wildman–Crippen LogP) is 4.00. The predicted molar refractivity (Wildman–Crippen MR) is 79.0 cm³/mol. The van der Waals surface area contributed by atoms with Crippen molar-refractivity contribution in [2.45, 2.75) is 39.7 Å². The first kappa shape index (κ1) is 12.9. The van der Waals surface area contributed by atoms with Crippen LogP contribution in [0.4, 0.5) is 5.69 Å². The fraction of sp³-hybridized carbons (Fsp3) is 0.438. The first-order valence-corrected chi connectivity index (χ1v) is 6.70. The fourth-order valence-electron chi connectivity index (χ4n) is 2.33. The van der Waals surface area contributed by atoms with Crippen molar-refractivity contribution in [2.24, 2.45) is 0 Å². The van der Waals surface area contributed by atoms with Crippen molar-refractivity contribution < 1.29 is 0 Å². The van der Waals surface area contributed by atoms with Crippen LogP contribution in [-0.4, -0.2) is 17.6 Å². The number of pyridine rings is 1. The van der Waals surface area contributed by atoms with Crippen LogP contribution in [-0.2, 0) is 0 Å². The maximum absolute atomic E-state index is 4.60. The second-order valence-corrected chi connectivity index (χ2v) is 5.32. The van der Waals surface area contributed by atoms with Gasteiger partial charge in [-0.3, -0.25) is 4.98 Å². The zero-order valence-corrected chi connectivity index (χ0v) is 11.7. The molecule has 1 aliphatic heterocycles. The number of nitrogens with zero attached hydrogens (tertiary/aromatic N) is 2. The second-order valence-electron chi connectivity index (χ2n) is 5.32. The molecule has 0 aliphatic carbocycles. The van der Waals surface area contributed by atoms with E-state index in [1.54, 1.807) is 0 Å². The summed E-state index contributed by atoms with van der Waals surface area (Å²) >= 11 is 0. The van der Waals surface area contributed by atoms with Gasteiger partial charge in [-0.05, 0) is 25.8 Å². The highest BCUT2D eigenvalue weighted by Gasteiger charge is 2.19. The van der Waals surface area contributed by atoms with E-state index in [9.17, 15) is 0 Å². The van der Waals surface area contributed by atoms with Crippen LogP contribution in [0, 0.1) is 0 Å². The third-order valence-corrected chi connectivity index (χ3v) is 3.27. The number of aromatic nitrogens is 1. The van der Waals surface area contributed by atoms with Gasteiger partial charge in [-0.2, -0.15) is 0 Å². The Morgan fingerprint density at radius 3 is 2.61 bits per heavy atom. The summed E-state index contributed by atoms with van der Waals surface area (Å²) in [6.07, 6.45) is 10.5. The van der Waals surface area contributed by atoms with Crippen LogP contribution in [0.5, 0.6) is 0 Å². The Kier molecular flexibility index (Phi) is 3.85. The van der Waals surface area contributed by atoms with Crippen LogP contribution < -0.4 is 4.90 Å². The summed E-state index contributed by atoms with van der Waals surface area (Å²) in [5.74, 6) is 0.443. The lowest BCUT2D eigenvalue weighted by Crippen LogP contribution is -2.33. The number of hydrogen-bond acceptors (Lipinski definition) is 2.